The van der Waals surface area contributed by atoms with Gasteiger partial charge >= 0.3 is 0 Å². The highest BCUT2D eigenvalue weighted by molar-refractivity contribution is 6.21. The first-order chi connectivity index (χ1) is 31.6. The molecule has 3 aromatic heterocycles. The lowest BCUT2D eigenvalue weighted by atomic mass is 9.93. The number of rotatable bonds is 6. The summed E-state index contributed by atoms with van der Waals surface area (Å²) in [6, 6.07) is 67.7. The first-order valence-corrected chi connectivity index (χ1v) is 21.7. The van der Waals surface area contributed by atoms with Crippen LogP contribution in [0.3, 0.4) is 0 Å². The van der Waals surface area contributed by atoms with Gasteiger partial charge in [-0.05, 0) is 112 Å². The lowest BCUT2D eigenvalue weighted by molar-refractivity contribution is 0.631. The number of hydrogen-bond acceptors (Lipinski definition) is 5. The number of fused-ring (bicyclic) bond motifs is 9. The molecule has 0 spiro atoms. The Balaban J connectivity index is 1.05. The van der Waals surface area contributed by atoms with E-state index in [0.717, 1.165) is 127 Å². The van der Waals surface area contributed by atoms with Crippen LogP contribution in [0.15, 0.2) is 212 Å². The van der Waals surface area contributed by atoms with Crippen LogP contribution in [-0.2, 0) is 0 Å². The summed E-state index contributed by atoms with van der Waals surface area (Å²) in [5.74, 6) is 0.760. The molecule has 0 fully saturated rings. The second-order valence-corrected chi connectivity index (χ2v) is 16.7. The van der Waals surface area contributed by atoms with Crippen molar-refractivity contribution in [3.05, 3.63) is 222 Å². The van der Waals surface area contributed by atoms with Crippen LogP contribution < -0.4 is 5.32 Å². The Morgan fingerprint density at radius 3 is 1.77 bits per heavy atom. The van der Waals surface area contributed by atoms with E-state index < -0.39 is 6.17 Å². The first kappa shape index (κ1) is 36.5. The summed E-state index contributed by atoms with van der Waals surface area (Å²) in [7, 11) is 0. The smallest absolute Gasteiger partial charge is 0.143 e. The number of aliphatic imine (C=N–C) groups is 1. The Bertz CT molecular complexity index is 3820. The van der Waals surface area contributed by atoms with Gasteiger partial charge in [0.05, 0.1) is 0 Å². The van der Waals surface area contributed by atoms with E-state index in [0.29, 0.717) is 0 Å². The predicted octanol–water partition coefficient (Wildman–Crippen LogP) is 15.8. The number of benzene rings is 9. The van der Waals surface area contributed by atoms with Crippen molar-refractivity contribution in [2.45, 2.75) is 19.3 Å². The normalized spacial score (nSPS) is 15.4. The Labute approximate surface area is 368 Å². The predicted molar refractivity (Wildman–Crippen MR) is 261 cm³/mol. The van der Waals surface area contributed by atoms with Crippen molar-refractivity contribution >= 4 is 71.7 Å². The van der Waals surface area contributed by atoms with E-state index in [1.165, 1.54) is 0 Å². The van der Waals surface area contributed by atoms with Crippen LogP contribution in [0.2, 0.25) is 0 Å². The summed E-state index contributed by atoms with van der Waals surface area (Å²) in [5, 5.41) is 15.4. The molecule has 0 amide bonds. The van der Waals surface area contributed by atoms with Crippen molar-refractivity contribution in [1.82, 2.24) is 5.32 Å². The van der Waals surface area contributed by atoms with Crippen LogP contribution in [0.1, 0.15) is 34.6 Å². The SMILES string of the molecule is Cc1ccc(C2=NC(c3cccc(-c4ccccc4)c3)[N-]C(c3ccccc3)N2)c2c1oc1c(-c3ccc4oc5ccccc5c4c3)cc(-c3ccc4oc5ccccc5c4c3)cc12. The topological polar surface area (TPSA) is 77.9 Å². The lowest BCUT2D eigenvalue weighted by Gasteiger charge is -2.44. The molecule has 12 aromatic rings. The zero-order valence-electron chi connectivity index (χ0n) is 34.7. The molecule has 0 saturated carbocycles. The number of nitrogens with one attached hydrogen (secondary N) is 1. The molecule has 1 aliphatic heterocycles. The Morgan fingerprint density at radius 1 is 0.422 bits per heavy atom. The number of hydrogen-bond donors (Lipinski definition) is 1. The van der Waals surface area contributed by atoms with Gasteiger partial charge in [-0.2, -0.15) is 0 Å². The number of furan rings is 3. The van der Waals surface area contributed by atoms with Gasteiger partial charge in [0.2, 0.25) is 0 Å². The monoisotopic (exact) mass is 824 g/mol. The maximum Gasteiger partial charge on any atom is 0.143 e. The summed E-state index contributed by atoms with van der Waals surface area (Å²) in [4.78, 5) is 5.45. The maximum atomic E-state index is 7.13. The molecular weight excluding hydrogens is 787 g/mol. The maximum absolute atomic E-state index is 7.13. The quantitative estimate of drug-likeness (QED) is 0.181. The molecule has 0 radical (unpaired) electrons. The summed E-state index contributed by atoms with van der Waals surface area (Å²) >= 11 is 0. The van der Waals surface area contributed by atoms with Gasteiger partial charge in [-0.1, -0.05) is 146 Å². The van der Waals surface area contributed by atoms with E-state index in [2.05, 4.69) is 170 Å². The van der Waals surface area contributed by atoms with Crippen molar-refractivity contribution in [2.24, 2.45) is 4.99 Å². The van der Waals surface area contributed by atoms with Crippen LogP contribution in [0.25, 0.3) is 105 Å². The number of aryl methyl sites for hydroxylation is 1. The molecule has 0 saturated heterocycles. The molecule has 0 bridgehead atoms. The summed E-state index contributed by atoms with van der Waals surface area (Å²) in [6.45, 7) is 2.12. The molecule has 6 heteroatoms. The molecule has 64 heavy (non-hydrogen) atoms. The van der Waals surface area contributed by atoms with Crippen LogP contribution >= 0.6 is 0 Å². The van der Waals surface area contributed by atoms with E-state index in [1.54, 1.807) is 0 Å². The lowest BCUT2D eigenvalue weighted by Crippen LogP contribution is -2.34. The highest BCUT2D eigenvalue weighted by Gasteiger charge is 2.25. The number of para-hydroxylation sites is 2. The molecule has 6 nitrogen and oxygen atoms in total. The van der Waals surface area contributed by atoms with Crippen molar-refractivity contribution in [3.63, 3.8) is 0 Å². The van der Waals surface area contributed by atoms with E-state index >= 15 is 0 Å². The van der Waals surface area contributed by atoms with Crippen molar-refractivity contribution in [3.8, 4) is 33.4 Å². The summed E-state index contributed by atoms with van der Waals surface area (Å²) < 4.78 is 19.7. The highest BCUT2D eigenvalue weighted by Crippen LogP contribution is 2.45. The molecule has 0 aliphatic carbocycles. The van der Waals surface area contributed by atoms with Crippen LogP contribution in [0, 0.1) is 6.92 Å². The zero-order valence-corrected chi connectivity index (χ0v) is 34.7. The minimum atomic E-state index is -0.459. The molecule has 13 rings (SSSR count). The van der Waals surface area contributed by atoms with Gasteiger partial charge in [-0.25, -0.2) is 0 Å². The molecule has 2 atom stereocenters. The van der Waals surface area contributed by atoms with Gasteiger partial charge in [-0.3, -0.25) is 4.99 Å². The van der Waals surface area contributed by atoms with Gasteiger partial charge in [0.15, 0.2) is 0 Å². The fourth-order valence-electron chi connectivity index (χ4n) is 9.61. The molecule has 304 valence electrons. The third-order valence-electron chi connectivity index (χ3n) is 12.8. The second-order valence-electron chi connectivity index (χ2n) is 16.7. The summed E-state index contributed by atoms with van der Waals surface area (Å²) in [5.41, 5.74) is 15.6. The number of nitrogens with zero attached hydrogens (tertiary/aromatic N) is 2. The first-order valence-electron chi connectivity index (χ1n) is 21.7. The van der Waals surface area contributed by atoms with E-state index in [-0.39, 0.29) is 6.17 Å². The molecule has 4 heterocycles. The molecule has 9 aromatic carbocycles. The average molecular weight is 825 g/mol. The summed E-state index contributed by atoms with van der Waals surface area (Å²) in [6.07, 6.45) is -0.800. The van der Waals surface area contributed by atoms with E-state index in [1.807, 2.05) is 36.4 Å². The highest BCUT2D eigenvalue weighted by atomic mass is 16.3. The van der Waals surface area contributed by atoms with Crippen molar-refractivity contribution in [2.75, 3.05) is 0 Å². The van der Waals surface area contributed by atoms with Crippen LogP contribution in [0.4, 0.5) is 0 Å². The molecule has 2 unspecified atom stereocenters. The van der Waals surface area contributed by atoms with E-state index in [9.17, 15) is 0 Å². The van der Waals surface area contributed by atoms with E-state index in [4.69, 9.17) is 23.6 Å². The fraction of sp³-hybridized carbons (Fsp3) is 0.0517. The van der Waals surface area contributed by atoms with Crippen LogP contribution in [0.5, 0.6) is 0 Å². The number of amidine groups is 1. The Kier molecular flexibility index (Phi) is 8.23. The standard InChI is InChI=1S/C58H38N3O3/c1-34-23-26-44(58-60-56(36-15-6-3-7-16-36)59-57(61-58)40-18-12-17-37(29-40)35-13-4-2-5-14-35)53-48-33-41(38-24-27-51-46(30-38)42-19-8-10-21-49(42)62-51)32-45(55(48)64-54(34)53)39-25-28-52-47(31-39)43-20-9-11-22-50(43)63-52/h2-33,56-57H,1H3,(H,60,61)/q-1. The molecular formula is C58H38N3O3-. The fourth-order valence-corrected chi connectivity index (χ4v) is 9.61. The largest absolute Gasteiger partial charge is 0.613 e. The van der Waals surface area contributed by atoms with Gasteiger partial charge in [-0.15, -0.1) is 0 Å². The van der Waals surface area contributed by atoms with Gasteiger partial charge in [0, 0.05) is 43.4 Å². The van der Waals surface area contributed by atoms with Gasteiger partial charge in [0.25, 0.3) is 0 Å². The minimum Gasteiger partial charge on any atom is -0.613 e. The Hall–Kier alpha value is -8.19. The third-order valence-corrected chi connectivity index (χ3v) is 12.8. The molecule has 1 aliphatic rings. The zero-order chi connectivity index (χ0) is 42.3. The van der Waals surface area contributed by atoms with Crippen LogP contribution in [-0.4, -0.2) is 5.84 Å². The average Bonchev–Trinajstić information content (AvgIpc) is 4.06. The Morgan fingerprint density at radius 2 is 1.02 bits per heavy atom. The minimum absolute atomic E-state index is 0.340. The van der Waals surface area contributed by atoms with Crippen molar-refractivity contribution < 1.29 is 13.3 Å². The van der Waals surface area contributed by atoms with Gasteiger partial charge < -0.3 is 23.9 Å². The molecule has 1 N–H and O–H groups in total. The van der Waals surface area contributed by atoms with Gasteiger partial charge in [0.1, 0.15) is 39.3 Å². The van der Waals surface area contributed by atoms with Crippen molar-refractivity contribution in [1.29, 1.82) is 0 Å². The second kappa shape index (κ2) is 14.4. The third kappa shape index (κ3) is 5.95.